The van der Waals surface area contributed by atoms with Crippen LogP contribution in [0.4, 0.5) is 0 Å². The first-order valence-corrected chi connectivity index (χ1v) is 7.28. The number of hydrogen-bond acceptors (Lipinski definition) is 2. The van der Waals surface area contributed by atoms with Crippen LogP contribution >= 0.6 is 0 Å². The molecule has 1 heterocycles. The highest BCUT2D eigenvalue weighted by Gasteiger charge is 2.10. The summed E-state index contributed by atoms with van der Waals surface area (Å²) in [4.78, 5) is 0. The highest BCUT2D eigenvalue weighted by atomic mass is 15.0. The van der Waals surface area contributed by atoms with Crippen molar-refractivity contribution in [3.8, 4) is 6.07 Å². The summed E-state index contributed by atoms with van der Waals surface area (Å²) in [5.41, 5.74) is 4.52. The second-order valence-electron chi connectivity index (χ2n) is 6.48. The average molecular weight is 281 g/mol. The van der Waals surface area contributed by atoms with Gasteiger partial charge < -0.3 is 9.88 Å². The van der Waals surface area contributed by atoms with Crippen molar-refractivity contribution in [2.24, 2.45) is 0 Å². The minimum absolute atomic E-state index is 0.111. The number of nitriles is 1. The monoisotopic (exact) mass is 281 g/mol. The molecule has 0 atom stereocenters. The molecular weight excluding hydrogens is 258 g/mol. The summed E-state index contributed by atoms with van der Waals surface area (Å²) in [5, 5.41) is 12.5. The van der Waals surface area contributed by atoms with Gasteiger partial charge in [0.15, 0.2) is 0 Å². The number of benzene rings is 1. The molecule has 0 amide bonds. The van der Waals surface area contributed by atoms with Gasteiger partial charge in [-0.1, -0.05) is 6.07 Å². The van der Waals surface area contributed by atoms with Crippen LogP contribution in [0.15, 0.2) is 36.5 Å². The van der Waals surface area contributed by atoms with Crippen molar-refractivity contribution in [1.29, 1.82) is 5.26 Å². The molecule has 0 fully saturated rings. The molecule has 0 saturated carbocycles. The van der Waals surface area contributed by atoms with Gasteiger partial charge >= 0.3 is 0 Å². The lowest BCUT2D eigenvalue weighted by molar-refractivity contribution is 0.417. The molecule has 0 aliphatic rings. The van der Waals surface area contributed by atoms with Crippen molar-refractivity contribution in [3.63, 3.8) is 0 Å². The standard InChI is InChI=1S/C18H23N3/c1-14-10-15(11-19)7-8-16(14)13-21-9-5-6-17(21)12-20-18(2,3)4/h5-10,20H,12-13H2,1-4H3. The van der Waals surface area contributed by atoms with E-state index >= 15 is 0 Å². The van der Waals surface area contributed by atoms with Crippen molar-refractivity contribution in [1.82, 2.24) is 9.88 Å². The Kier molecular flexibility index (Phi) is 4.50. The molecule has 3 nitrogen and oxygen atoms in total. The zero-order valence-corrected chi connectivity index (χ0v) is 13.3. The molecule has 0 radical (unpaired) electrons. The van der Waals surface area contributed by atoms with Crippen LogP contribution < -0.4 is 5.32 Å². The predicted octanol–water partition coefficient (Wildman–Crippen LogP) is 3.60. The normalized spacial score (nSPS) is 11.4. The van der Waals surface area contributed by atoms with Crippen LogP contribution in [0.5, 0.6) is 0 Å². The third kappa shape index (κ3) is 4.21. The number of aromatic nitrogens is 1. The zero-order valence-electron chi connectivity index (χ0n) is 13.3. The van der Waals surface area contributed by atoms with E-state index in [1.165, 1.54) is 11.3 Å². The van der Waals surface area contributed by atoms with Crippen LogP contribution in [-0.4, -0.2) is 10.1 Å². The maximum Gasteiger partial charge on any atom is 0.0991 e. The van der Waals surface area contributed by atoms with Gasteiger partial charge in [-0.3, -0.25) is 0 Å². The van der Waals surface area contributed by atoms with E-state index < -0.39 is 0 Å². The number of hydrogen-bond donors (Lipinski definition) is 1. The van der Waals surface area contributed by atoms with Gasteiger partial charge in [-0.15, -0.1) is 0 Å². The molecule has 0 unspecified atom stereocenters. The summed E-state index contributed by atoms with van der Waals surface area (Å²) in [6.45, 7) is 10.3. The van der Waals surface area contributed by atoms with Gasteiger partial charge in [0.1, 0.15) is 0 Å². The van der Waals surface area contributed by atoms with E-state index in [-0.39, 0.29) is 5.54 Å². The molecular formula is C18H23N3. The molecule has 0 spiro atoms. The van der Waals surface area contributed by atoms with Gasteiger partial charge in [-0.2, -0.15) is 5.26 Å². The van der Waals surface area contributed by atoms with Crippen molar-refractivity contribution < 1.29 is 0 Å². The Hall–Kier alpha value is -2.05. The van der Waals surface area contributed by atoms with Gasteiger partial charge in [-0.05, 0) is 63.1 Å². The molecule has 3 heteroatoms. The highest BCUT2D eigenvalue weighted by molar-refractivity contribution is 5.37. The Morgan fingerprint density at radius 2 is 2.00 bits per heavy atom. The lowest BCUT2D eigenvalue weighted by Crippen LogP contribution is -2.35. The molecule has 1 N–H and O–H groups in total. The van der Waals surface area contributed by atoms with Crippen LogP contribution in [0.2, 0.25) is 0 Å². The lowest BCUT2D eigenvalue weighted by atomic mass is 10.1. The molecule has 0 aliphatic carbocycles. The van der Waals surface area contributed by atoms with E-state index in [0.717, 1.165) is 24.2 Å². The Bertz CT molecular complexity index is 654. The van der Waals surface area contributed by atoms with Crippen LogP contribution in [-0.2, 0) is 13.1 Å². The minimum atomic E-state index is 0.111. The maximum atomic E-state index is 8.94. The van der Waals surface area contributed by atoms with Gasteiger partial charge in [0.2, 0.25) is 0 Å². The van der Waals surface area contributed by atoms with Crippen LogP contribution in [0.1, 0.15) is 43.2 Å². The van der Waals surface area contributed by atoms with Crippen molar-refractivity contribution in [2.45, 2.75) is 46.3 Å². The topological polar surface area (TPSA) is 40.8 Å². The fraction of sp³-hybridized carbons (Fsp3) is 0.389. The first kappa shape index (κ1) is 15.3. The maximum absolute atomic E-state index is 8.94. The minimum Gasteiger partial charge on any atom is -0.346 e. The highest BCUT2D eigenvalue weighted by Crippen LogP contribution is 2.14. The van der Waals surface area contributed by atoms with Crippen LogP contribution in [0.3, 0.4) is 0 Å². The molecule has 2 rings (SSSR count). The van der Waals surface area contributed by atoms with Crippen LogP contribution in [0, 0.1) is 18.3 Å². The van der Waals surface area contributed by atoms with Gasteiger partial charge in [0, 0.05) is 30.5 Å². The van der Waals surface area contributed by atoms with Crippen molar-refractivity contribution >= 4 is 0 Å². The molecule has 21 heavy (non-hydrogen) atoms. The third-order valence-electron chi connectivity index (χ3n) is 3.54. The molecule has 0 aliphatic heterocycles. The summed E-state index contributed by atoms with van der Waals surface area (Å²) in [5.74, 6) is 0. The molecule has 0 saturated heterocycles. The summed E-state index contributed by atoms with van der Waals surface area (Å²) < 4.78 is 2.26. The van der Waals surface area contributed by atoms with Crippen molar-refractivity contribution in [3.05, 3.63) is 58.9 Å². The fourth-order valence-electron chi connectivity index (χ4n) is 2.25. The molecule has 0 bridgehead atoms. The molecule has 2 aromatic rings. The first-order chi connectivity index (χ1) is 9.89. The third-order valence-corrected chi connectivity index (χ3v) is 3.54. The number of nitrogens with zero attached hydrogens (tertiary/aromatic N) is 2. The van der Waals surface area contributed by atoms with Gasteiger partial charge in [0.05, 0.1) is 11.6 Å². The first-order valence-electron chi connectivity index (χ1n) is 7.28. The number of aryl methyl sites for hydroxylation is 1. The lowest BCUT2D eigenvalue weighted by Gasteiger charge is -2.21. The molecule has 110 valence electrons. The number of nitrogens with one attached hydrogen (secondary N) is 1. The van der Waals surface area contributed by atoms with E-state index in [0.29, 0.717) is 0 Å². The molecule has 1 aromatic heterocycles. The SMILES string of the molecule is Cc1cc(C#N)ccc1Cn1cccc1CNC(C)(C)C. The van der Waals surface area contributed by atoms with E-state index in [1.54, 1.807) is 0 Å². The second-order valence-corrected chi connectivity index (χ2v) is 6.48. The van der Waals surface area contributed by atoms with Gasteiger partial charge in [-0.25, -0.2) is 0 Å². The number of rotatable bonds is 4. The smallest absolute Gasteiger partial charge is 0.0991 e. The zero-order chi connectivity index (χ0) is 15.5. The Balaban J connectivity index is 2.14. The predicted molar refractivity (Wildman–Crippen MR) is 86.0 cm³/mol. The fourth-order valence-corrected chi connectivity index (χ4v) is 2.25. The van der Waals surface area contributed by atoms with Gasteiger partial charge in [0.25, 0.3) is 0 Å². The Labute approximate surface area is 127 Å². The van der Waals surface area contributed by atoms with E-state index in [9.17, 15) is 0 Å². The quantitative estimate of drug-likeness (QED) is 0.930. The largest absolute Gasteiger partial charge is 0.346 e. The molecule has 1 aromatic carbocycles. The van der Waals surface area contributed by atoms with Crippen LogP contribution in [0.25, 0.3) is 0 Å². The van der Waals surface area contributed by atoms with E-state index in [1.807, 2.05) is 12.1 Å². The van der Waals surface area contributed by atoms with Crippen molar-refractivity contribution in [2.75, 3.05) is 0 Å². The second kappa shape index (κ2) is 6.15. The summed E-state index contributed by atoms with van der Waals surface area (Å²) in [7, 11) is 0. The summed E-state index contributed by atoms with van der Waals surface area (Å²) in [6, 6.07) is 12.3. The summed E-state index contributed by atoms with van der Waals surface area (Å²) >= 11 is 0. The van der Waals surface area contributed by atoms with E-state index in [4.69, 9.17) is 5.26 Å². The Morgan fingerprint density at radius 1 is 1.24 bits per heavy atom. The average Bonchev–Trinajstić information content (AvgIpc) is 2.85. The van der Waals surface area contributed by atoms with E-state index in [2.05, 4.69) is 68.0 Å². The summed E-state index contributed by atoms with van der Waals surface area (Å²) in [6.07, 6.45) is 2.11. The Morgan fingerprint density at radius 3 is 2.62 bits per heavy atom.